The minimum Gasteiger partial charge on any atom is -0.483 e. The molecule has 0 atom stereocenters. The summed E-state index contributed by atoms with van der Waals surface area (Å²) in [6, 6.07) is 7.27. The van der Waals surface area contributed by atoms with E-state index < -0.39 is 50.6 Å². The predicted molar refractivity (Wildman–Crippen MR) is 108 cm³/mol. The number of nitro groups is 1. The van der Waals surface area contributed by atoms with Crippen molar-refractivity contribution in [3.8, 4) is 5.75 Å². The van der Waals surface area contributed by atoms with Crippen molar-refractivity contribution in [2.45, 2.75) is 11.1 Å². The maximum Gasteiger partial charge on any atom is 0.420 e. The maximum atomic E-state index is 13.2. The normalized spacial score (nSPS) is 15.1. The molecule has 0 saturated carbocycles. The quantitative estimate of drug-likeness (QED) is 0.468. The molecule has 1 N–H and O–H groups in total. The van der Waals surface area contributed by atoms with E-state index in [0.717, 1.165) is 12.1 Å². The Labute approximate surface area is 186 Å². The van der Waals surface area contributed by atoms with E-state index >= 15 is 0 Å². The number of alkyl halides is 3. The summed E-state index contributed by atoms with van der Waals surface area (Å²) in [7, 11) is -3.82. The smallest absolute Gasteiger partial charge is 0.420 e. The van der Waals surface area contributed by atoms with Gasteiger partial charge >= 0.3 is 6.18 Å². The van der Waals surface area contributed by atoms with Gasteiger partial charge in [0.2, 0.25) is 10.0 Å². The first kappa shape index (κ1) is 24.4. The lowest BCUT2D eigenvalue weighted by atomic mass is 10.1. The SMILES string of the molecule is O=C(COc1ccc([N+](=O)[O-])cc1C(F)(F)F)Nc1cccc(S(=O)(=O)N2CCOCC2)c1. The van der Waals surface area contributed by atoms with Crippen LogP contribution in [-0.2, 0) is 25.7 Å². The molecule has 1 saturated heterocycles. The molecule has 0 aromatic heterocycles. The van der Waals surface area contributed by atoms with Crippen LogP contribution in [0.1, 0.15) is 5.56 Å². The summed E-state index contributed by atoms with van der Waals surface area (Å²) in [6.07, 6.45) is -4.94. The van der Waals surface area contributed by atoms with Gasteiger partial charge in [0.05, 0.1) is 23.0 Å². The van der Waals surface area contributed by atoms with Crippen LogP contribution in [0.25, 0.3) is 0 Å². The number of hydrogen-bond donors (Lipinski definition) is 1. The first-order chi connectivity index (χ1) is 15.5. The average Bonchev–Trinajstić information content (AvgIpc) is 2.77. The monoisotopic (exact) mass is 489 g/mol. The van der Waals surface area contributed by atoms with Gasteiger partial charge in [0.1, 0.15) is 11.3 Å². The van der Waals surface area contributed by atoms with Crippen LogP contribution in [-0.4, -0.2) is 56.5 Å². The molecule has 2 aromatic carbocycles. The molecule has 33 heavy (non-hydrogen) atoms. The molecule has 0 unspecified atom stereocenters. The lowest BCUT2D eigenvalue weighted by Crippen LogP contribution is -2.40. The fraction of sp³-hybridized carbons (Fsp3) is 0.316. The Bertz CT molecular complexity index is 1150. The van der Waals surface area contributed by atoms with Crippen LogP contribution < -0.4 is 10.1 Å². The van der Waals surface area contributed by atoms with E-state index in [0.29, 0.717) is 6.07 Å². The Morgan fingerprint density at radius 2 is 1.88 bits per heavy atom. The number of nitro benzene ring substituents is 1. The molecule has 178 valence electrons. The van der Waals surface area contributed by atoms with Crippen LogP contribution in [0, 0.1) is 10.1 Å². The van der Waals surface area contributed by atoms with Crippen molar-refractivity contribution >= 4 is 27.3 Å². The third-order valence-corrected chi connectivity index (χ3v) is 6.46. The highest BCUT2D eigenvalue weighted by Crippen LogP contribution is 2.38. The van der Waals surface area contributed by atoms with Gasteiger partial charge in [-0.15, -0.1) is 0 Å². The van der Waals surface area contributed by atoms with Crippen LogP contribution in [0.15, 0.2) is 47.4 Å². The molecule has 1 heterocycles. The zero-order valence-corrected chi connectivity index (χ0v) is 17.7. The Balaban J connectivity index is 1.70. The molecule has 1 aliphatic rings. The molecule has 14 heteroatoms. The molecule has 1 fully saturated rings. The van der Waals surface area contributed by atoms with Crippen molar-refractivity contribution in [3.63, 3.8) is 0 Å². The molecule has 1 aliphatic heterocycles. The number of morpholine rings is 1. The van der Waals surface area contributed by atoms with Gasteiger partial charge in [-0.1, -0.05) is 6.07 Å². The number of hydrogen-bond acceptors (Lipinski definition) is 7. The number of nitrogens with one attached hydrogen (secondary N) is 1. The summed E-state index contributed by atoms with van der Waals surface area (Å²) in [6.45, 7) is 0.0412. The predicted octanol–water partition coefficient (Wildman–Crippen LogP) is 2.65. The fourth-order valence-electron chi connectivity index (χ4n) is 2.99. The topological polar surface area (TPSA) is 128 Å². The van der Waals surface area contributed by atoms with Gasteiger partial charge in [-0.2, -0.15) is 17.5 Å². The summed E-state index contributed by atoms with van der Waals surface area (Å²) in [5, 5.41) is 13.1. The van der Waals surface area contributed by atoms with Gasteiger partial charge in [-0.3, -0.25) is 14.9 Å². The summed E-state index contributed by atoms with van der Waals surface area (Å²) in [5.74, 6) is -1.62. The number of non-ortho nitro benzene ring substituents is 1. The minimum atomic E-state index is -4.94. The van der Waals surface area contributed by atoms with Crippen LogP contribution in [0.2, 0.25) is 0 Å². The van der Waals surface area contributed by atoms with Crippen molar-refractivity contribution in [3.05, 3.63) is 58.1 Å². The van der Waals surface area contributed by atoms with Crippen LogP contribution in [0.3, 0.4) is 0 Å². The second kappa shape index (κ2) is 9.72. The zero-order chi connectivity index (χ0) is 24.2. The number of anilines is 1. The molecule has 0 bridgehead atoms. The second-order valence-corrected chi connectivity index (χ2v) is 8.75. The molecule has 0 spiro atoms. The van der Waals surface area contributed by atoms with Gasteiger partial charge in [0, 0.05) is 30.9 Å². The van der Waals surface area contributed by atoms with Crippen molar-refractivity contribution < 1.29 is 40.8 Å². The van der Waals surface area contributed by atoms with Crippen LogP contribution in [0.4, 0.5) is 24.5 Å². The number of benzene rings is 2. The zero-order valence-electron chi connectivity index (χ0n) is 16.9. The molecule has 1 amide bonds. The number of nitrogens with zero attached hydrogens (tertiary/aromatic N) is 2. The number of carbonyl (C=O) groups is 1. The van der Waals surface area contributed by atoms with Crippen molar-refractivity contribution in [2.75, 3.05) is 38.2 Å². The van der Waals surface area contributed by atoms with Crippen molar-refractivity contribution in [2.24, 2.45) is 0 Å². The van der Waals surface area contributed by atoms with Crippen molar-refractivity contribution in [1.82, 2.24) is 4.31 Å². The lowest BCUT2D eigenvalue weighted by Gasteiger charge is -2.26. The highest BCUT2D eigenvalue weighted by atomic mass is 32.2. The van der Waals surface area contributed by atoms with Gasteiger partial charge in [0.25, 0.3) is 11.6 Å². The third kappa shape index (κ3) is 5.97. The molecule has 0 aliphatic carbocycles. The summed E-state index contributed by atoms with van der Waals surface area (Å²) in [5.41, 5.74) is -2.09. The highest BCUT2D eigenvalue weighted by molar-refractivity contribution is 7.89. The molecule has 3 rings (SSSR count). The number of rotatable bonds is 7. The molecule has 2 aromatic rings. The van der Waals surface area contributed by atoms with E-state index in [4.69, 9.17) is 9.47 Å². The Hall–Kier alpha value is -3.23. The molecule has 10 nitrogen and oxygen atoms in total. The van der Waals surface area contributed by atoms with Crippen LogP contribution >= 0.6 is 0 Å². The standard InChI is InChI=1S/C19H18F3N3O7S/c20-19(21,22)16-11-14(25(27)28)4-5-17(16)32-12-18(26)23-13-2-1-3-15(10-13)33(29,30)24-6-8-31-9-7-24/h1-5,10-11H,6-9,12H2,(H,23,26). The fourth-order valence-corrected chi connectivity index (χ4v) is 4.44. The van der Waals surface area contributed by atoms with Crippen molar-refractivity contribution in [1.29, 1.82) is 0 Å². The van der Waals surface area contributed by atoms with E-state index in [1.165, 1.54) is 28.6 Å². The number of carbonyl (C=O) groups excluding carboxylic acids is 1. The van der Waals surface area contributed by atoms with E-state index in [1.807, 2.05) is 0 Å². The summed E-state index contributed by atoms with van der Waals surface area (Å²) in [4.78, 5) is 21.9. The van der Waals surface area contributed by atoms with E-state index in [-0.39, 0.29) is 36.9 Å². The van der Waals surface area contributed by atoms with Crippen LogP contribution in [0.5, 0.6) is 5.75 Å². The Morgan fingerprint density at radius 3 is 2.52 bits per heavy atom. The second-order valence-electron chi connectivity index (χ2n) is 6.82. The first-order valence-corrected chi connectivity index (χ1v) is 10.9. The van der Waals surface area contributed by atoms with Gasteiger partial charge < -0.3 is 14.8 Å². The summed E-state index contributed by atoms with van der Waals surface area (Å²) < 4.78 is 76.4. The van der Waals surface area contributed by atoms with E-state index in [1.54, 1.807) is 0 Å². The van der Waals surface area contributed by atoms with E-state index in [9.17, 15) is 36.5 Å². The minimum absolute atomic E-state index is 0.0714. The number of ether oxygens (including phenoxy) is 2. The maximum absolute atomic E-state index is 13.2. The number of sulfonamides is 1. The largest absolute Gasteiger partial charge is 0.483 e. The highest BCUT2D eigenvalue weighted by Gasteiger charge is 2.36. The Morgan fingerprint density at radius 1 is 1.18 bits per heavy atom. The molecular weight excluding hydrogens is 471 g/mol. The van der Waals surface area contributed by atoms with Gasteiger partial charge in [-0.25, -0.2) is 8.42 Å². The molecular formula is C19H18F3N3O7S. The van der Waals surface area contributed by atoms with E-state index in [2.05, 4.69) is 5.32 Å². The van der Waals surface area contributed by atoms with Gasteiger partial charge in [-0.05, 0) is 24.3 Å². The Kier molecular flexibility index (Phi) is 7.19. The lowest BCUT2D eigenvalue weighted by molar-refractivity contribution is -0.385. The third-order valence-electron chi connectivity index (χ3n) is 4.56. The average molecular weight is 489 g/mol. The molecule has 0 radical (unpaired) electrons. The first-order valence-electron chi connectivity index (χ1n) is 9.45. The van der Waals surface area contributed by atoms with Gasteiger partial charge in [0.15, 0.2) is 6.61 Å². The summed E-state index contributed by atoms with van der Waals surface area (Å²) >= 11 is 0. The number of amides is 1. The number of halogens is 3.